The van der Waals surface area contributed by atoms with Crippen molar-refractivity contribution in [1.29, 1.82) is 0 Å². The Balaban J connectivity index is 2.06. The van der Waals surface area contributed by atoms with E-state index in [1.54, 1.807) is 36.7 Å². The average molecular weight is 300 g/mol. The van der Waals surface area contributed by atoms with Gasteiger partial charge in [-0.1, -0.05) is 0 Å². The van der Waals surface area contributed by atoms with Crippen molar-refractivity contribution in [2.24, 2.45) is 0 Å². The van der Waals surface area contributed by atoms with Gasteiger partial charge in [0, 0.05) is 17.8 Å². The third-order valence-electron chi connectivity index (χ3n) is 3.13. The topological polar surface area (TPSA) is 81.0 Å². The van der Waals surface area contributed by atoms with E-state index in [1.807, 2.05) is 12.3 Å². The maximum atomic E-state index is 11.4. The first kappa shape index (κ1) is 13.4. The Kier molecular flexibility index (Phi) is 3.49. The molecule has 0 saturated carbocycles. The van der Waals surface area contributed by atoms with E-state index in [4.69, 9.17) is 0 Å². The van der Waals surface area contributed by atoms with Crippen molar-refractivity contribution in [3.63, 3.8) is 0 Å². The van der Waals surface area contributed by atoms with E-state index in [0.29, 0.717) is 16.6 Å². The van der Waals surface area contributed by atoms with E-state index in [1.165, 1.54) is 11.3 Å². The number of nitro benzene ring substituents is 1. The summed E-state index contributed by atoms with van der Waals surface area (Å²) >= 11 is 1.51. The second-order valence-electron chi connectivity index (χ2n) is 4.53. The van der Waals surface area contributed by atoms with Crippen LogP contribution in [-0.4, -0.2) is 14.9 Å². The molecule has 0 saturated heterocycles. The monoisotopic (exact) mass is 300 g/mol. The molecule has 0 aliphatic carbocycles. The van der Waals surface area contributed by atoms with Crippen molar-refractivity contribution in [3.05, 3.63) is 57.2 Å². The molecule has 0 fully saturated rings. The highest BCUT2D eigenvalue weighted by Gasteiger charge is 2.21. The first-order valence-electron chi connectivity index (χ1n) is 6.35. The quantitative estimate of drug-likeness (QED) is 0.586. The van der Waals surface area contributed by atoms with Gasteiger partial charge in [0.2, 0.25) is 0 Å². The third-order valence-corrected chi connectivity index (χ3v) is 4.09. The minimum atomic E-state index is -0.374. The molecule has 0 amide bonds. The molecule has 21 heavy (non-hydrogen) atoms. The van der Waals surface area contributed by atoms with Crippen LogP contribution < -0.4 is 5.32 Å². The van der Waals surface area contributed by atoms with Crippen LogP contribution in [0.2, 0.25) is 0 Å². The molecule has 7 heteroatoms. The summed E-state index contributed by atoms with van der Waals surface area (Å²) in [6.07, 6.45) is 3.34. The lowest BCUT2D eigenvalue weighted by Crippen LogP contribution is -2.08. The number of nitro groups is 1. The van der Waals surface area contributed by atoms with Crippen LogP contribution in [0.5, 0.6) is 0 Å². The molecule has 0 bridgehead atoms. The van der Waals surface area contributed by atoms with Gasteiger partial charge in [-0.25, -0.2) is 4.98 Å². The van der Waals surface area contributed by atoms with Crippen LogP contribution in [0.1, 0.15) is 18.0 Å². The molecule has 1 atom stereocenters. The van der Waals surface area contributed by atoms with Crippen LogP contribution in [0, 0.1) is 10.1 Å². The van der Waals surface area contributed by atoms with Crippen LogP contribution in [0.3, 0.4) is 0 Å². The Morgan fingerprint density at radius 1 is 1.29 bits per heavy atom. The number of hydrogen-bond donors (Lipinski definition) is 1. The molecular weight excluding hydrogens is 288 g/mol. The number of aromatic nitrogens is 2. The van der Waals surface area contributed by atoms with Gasteiger partial charge in [0.15, 0.2) is 0 Å². The number of fused-ring (bicyclic) bond motifs is 1. The van der Waals surface area contributed by atoms with E-state index >= 15 is 0 Å². The summed E-state index contributed by atoms with van der Waals surface area (Å²) in [5.74, 6) is 0. The van der Waals surface area contributed by atoms with E-state index < -0.39 is 0 Å². The molecule has 1 N–H and O–H groups in total. The van der Waals surface area contributed by atoms with Crippen LogP contribution in [0.4, 0.5) is 11.4 Å². The molecule has 2 heterocycles. The molecule has 2 aromatic heterocycles. The molecule has 1 aromatic carbocycles. The summed E-state index contributed by atoms with van der Waals surface area (Å²) in [7, 11) is 0. The van der Waals surface area contributed by atoms with Crippen LogP contribution in [0.15, 0.2) is 42.0 Å². The second-order valence-corrected chi connectivity index (χ2v) is 5.45. The van der Waals surface area contributed by atoms with Crippen LogP contribution in [0.25, 0.3) is 10.9 Å². The fourth-order valence-corrected chi connectivity index (χ4v) is 2.84. The number of benzene rings is 1. The fraction of sp³-hybridized carbons (Fsp3) is 0.143. The maximum absolute atomic E-state index is 11.4. The number of pyridine rings is 1. The summed E-state index contributed by atoms with van der Waals surface area (Å²) in [5, 5.41) is 17.9. The molecule has 3 rings (SSSR count). The van der Waals surface area contributed by atoms with E-state index in [0.717, 1.165) is 5.01 Å². The van der Waals surface area contributed by atoms with Gasteiger partial charge in [0.25, 0.3) is 0 Å². The lowest BCUT2D eigenvalue weighted by molar-refractivity contribution is -0.382. The summed E-state index contributed by atoms with van der Waals surface area (Å²) < 4.78 is 0. The Hall–Kier alpha value is -2.54. The molecule has 6 nitrogen and oxygen atoms in total. The summed E-state index contributed by atoms with van der Waals surface area (Å²) in [4.78, 5) is 19.4. The predicted octanol–water partition coefficient (Wildman–Crippen LogP) is 3.77. The van der Waals surface area contributed by atoms with Crippen molar-refractivity contribution in [2.75, 3.05) is 5.32 Å². The molecule has 1 unspecified atom stereocenters. The Morgan fingerprint density at radius 3 is 2.86 bits per heavy atom. The molecule has 0 aliphatic rings. The predicted molar refractivity (Wildman–Crippen MR) is 82.5 cm³/mol. The molecular formula is C14H12N4O2S. The number of nitrogens with one attached hydrogen (secondary N) is 1. The first-order chi connectivity index (χ1) is 10.2. The summed E-state index contributed by atoms with van der Waals surface area (Å²) in [5.41, 5.74) is 1.13. The summed E-state index contributed by atoms with van der Waals surface area (Å²) in [6.45, 7) is 1.93. The van der Waals surface area contributed by atoms with Crippen LogP contribution >= 0.6 is 11.3 Å². The lowest BCUT2D eigenvalue weighted by Gasteiger charge is -2.13. The normalized spacial score (nSPS) is 12.2. The summed E-state index contributed by atoms with van der Waals surface area (Å²) in [6, 6.07) is 6.78. The third kappa shape index (κ3) is 2.55. The van der Waals surface area contributed by atoms with Gasteiger partial charge >= 0.3 is 5.69 Å². The van der Waals surface area contributed by atoms with Gasteiger partial charge in [-0.15, -0.1) is 11.3 Å². The molecule has 0 radical (unpaired) electrons. The van der Waals surface area contributed by atoms with Gasteiger partial charge in [0.05, 0.1) is 21.9 Å². The zero-order chi connectivity index (χ0) is 14.8. The van der Waals surface area contributed by atoms with Crippen molar-refractivity contribution in [1.82, 2.24) is 9.97 Å². The number of rotatable bonds is 4. The molecule has 106 valence electrons. The molecule has 0 aliphatic heterocycles. The van der Waals surface area contributed by atoms with Gasteiger partial charge < -0.3 is 5.32 Å². The fourth-order valence-electron chi connectivity index (χ4n) is 2.19. The van der Waals surface area contributed by atoms with E-state index in [-0.39, 0.29) is 16.7 Å². The van der Waals surface area contributed by atoms with Crippen LogP contribution in [-0.2, 0) is 0 Å². The van der Waals surface area contributed by atoms with Crippen molar-refractivity contribution in [2.45, 2.75) is 13.0 Å². The minimum Gasteiger partial charge on any atom is -0.371 e. The number of anilines is 1. The van der Waals surface area contributed by atoms with Gasteiger partial charge in [0.1, 0.15) is 10.7 Å². The Bertz CT molecular complexity index is 789. The molecule has 3 aromatic rings. The lowest BCUT2D eigenvalue weighted by atomic mass is 10.1. The standard InChI is InChI=1S/C14H12N4O2S/c1-9(14-16-7-8-21-14)17-12-5-4-11-10(3-2-6-15-11)13(12)18(19)20/h2-9,17H,1H3. The highest BCUT2D eigenvalue weighted by atomic mass is 32.1. The Labute approximate surface area is 124 Å². The smallest absolute Gasteiger partial charge is 0.301 e. The number of nitrogens with zero attached hydrogens (tertiary/aromatic N) is 3. The SMILES string of the molecule is CC(Nc1ccc2ncccc2c1[N+](=O)[O-])c1nccs1. The largest absolute Gasteiger partial charge is 0.371 e. The van der Waals surface area contributed by atoms with Crippen molar-refractivity contribution < 1.29 is 4.92 Å². The zero-order valence-electron chi connectivity index (χ0n) is 11.2. The zero-order valence-corrected chi connectivity index (χ0v) is 12.0. The average Bonchev–Trinajstić information content (AvgIpc) is 3.01. The Morgan fingerprint density at radius 2 is 2.14 bits per heavy atom. The van der Waals surface area contributed by atoms with E-state index in [9.17, 15) is 10.1 Å². The first-order valence-corrected chi connectivity index (χ1v) is 7.23. The minimum absolute atomic E-state index is 0.0454. The van der Waals surface area contributed by atoms with Crippen molar-refractivity contribution >= 4 is 33.6 Å². The maximum Gasteiger partial charge on any atom is 0.301 e. The number of thiazole rings is 1. The van der Waals surface area contributed by atoms with Gasteiger partial charge in [-0.05, 0) is 31.2 Å². The number of hydrogen-bond acceptors (Lipinski definition) is 6. The second kappa shape index (κ2) is 5.45. The van der Waals surface area contributed by atoms with Crippen molar-refractivity contribution in [3.8, 4) is 0 Å². The molecule has 0 spiro atoms. The highest BCUT2D eigenvalue weighted by molar-refractivity contribution is 7.09. The van der Waals surface area contributed by atoms with Gasteiger partial charge in [-0.3, -0.25) is 15.1 Å². The van der Waals surface area contributed by atoms with E-state index in [2.05, 4.69) is 15.3 Å². The highest BCUT2D eigenvalue weighted by Crippen LogP contribution is 2.34. The van der Waals surface area contributed by atoms with Gasteiger partial charge in [-0.2, -0.15) is 0 Å².